The van der Waals surface area contributed by atoms with E-state index in [0.717, 1.165) is 21.6 Å². The number of hydrogen-bond acceptors (Lipinski definition) is 2. The summed E-state index contributed by atoms with van der Waals surface area (Å²) >= 11 is 9.51. The highest BCUT2D eigenvalue weighted by Crippen LogP contribution is 2.27. The summed E-state index contributed by atoms with van der Waals surface area (Å²) in [4.78, 5) is 0. The van der Waals surface area contributed by atoms with Crippen LogP contribution in [0.25, 0.3) is 0 Å². The van der Waals surface area contributed by atoms with Gasteiger partial charge in [0.15, 0.2) is 0 Å². The SMILES string of the molecule is CCNC(CCO)c1ccc(Br)cc1Cl. The molecule has 0 amide bonds. The molecular weight excluding hydrogens is 277 g/mol. The van der Waals surface area contributed by atoms with Gasteiger partial charge in [-0.2, -0.15) is 0 Å². The van der Waals surface area contributed by atoms with Crippen molar-refractivity contribution >= 4 is 27.5 Å². The fraction of sp³-hybridized carbons (Fsp3) is 0.455. The minimum Gasteiger partial charge on any atom is -0.396 e. The zero-order valence-corrected chi connectivity index (χ0v) is 11.0. The Morgan fingerprint density at radius 3 is 2.80 bits per heavy atom. The van der Waals surface area contributed by atoms with Crippen LogP contribution in [0.3, 0.4) is 0 Å². The molecule has 1 atom stereocenters. The highest BCUT2D eigenvalue weighted by Gasteiger charge is 2.12. The molecule has 0 saturated carbocycles. The molecule has 0 bridgehead atoms. The van der Waals surface area contributed by atoms with Crippen molar-refractivity contribution in [3.05, 3.63) is 33.3 Å². The third-order valence-corrected chi connectivity index (χ3v) is 3.03. The van der Waals surface area contributed by atoms with Gasteiger partial charge in [0, 0.05) is 22.1 Å². The van der Waals surface area contributed by atoms with Crippen LogP contribution in [0.5, 0.6) is 0 Å². The standard InChI is InChI=1S/C11H15BrClNO/c1-2-14-11(5-6-15)9-4-3-8(12)7-10(9)13/h3-4,7,11,14-15H,2,5-6H2,1H3. The number of rotatable bonds is 5. The van der Waals surface area contributed by atoms with Crippen LogP contribution < -0.4 is 5.32 Å². The Bertz CT molecular complexity index is 313. The van der Waals surface area contributed by atoms with Crippen molar-refractivity contribution in [1.82, 2.24) is 5.32 Å². The molecule has 0 radical (unpaired) electrons. The Morgan fingerprint density at radius 2 is 2.27 bits per heavy atom. The Balaban J connectivity index is 2.89. The van der Waals surface area contributed by atoms with Gasteiger partial charge in [-0.25, -0.2) is 0 Å². The maximum absolute atomic E-state index is 8.98. The van der Waals surface area contributed by atoms with Gasteiger partial charge in [-0.05, 0) is 30.7 Å². The van der Waals surface area contributed by atoms with Crippen molar-refractivity contribution in [1.29, 1.82) is 0 Å². The lowest BCUT2D eigenvalue weighted by molar-refractivity contribution is 0.266. The van der Waals surface area contributed by atoms with Crippen LogP contribution >= 0.6 is 27.5 Å². The molecular formula is C11H15BrClNO. The molecule has 0 saturated heterocycles. The molecule has 0 spiro atoms. The molecule has 2 N–H and O–H groups in total. The summed E-state index contributed by atoms with van der Waals surface area (Å²) in [5, 5.41) is 13.0. The van der Waals surface area contributed by atoms with Crippen molar-refractivity contribution in [2.45, 2.75) is 19.4 Å². The minimum absolute atomic E-state index is 0.126. The number of aliphatic hydroxyl groups excluding tert-OH is 1. The topological polar surface area (TPSA) is 32.3 Å². The first-order valence-electron chi connectivity index (χ1n) is 4.98. The Kier molecular flexibility index (Phi) is 5.61. The van der Waals surface area contributed by atoms with Crippen molar-refractivity contribution in [3.63, 3.8) is 0 Å². The van der Waals surface area contributed by atoms with Crippen molar-refractivity contribution in [2.24, 2.45) is 0 Å². The van der Waals surface area contributed by atoms with Gasteiger partial charge in [-0.1, -0.05) is 40.5 Å². The van der Waals surface area contributed by atoms with Gasteiger partial charge in [-0.15, -0.1) is 0 Å². The quantitative estimate of drug-likeness (QED) is 0.874. The summed E-state index contributed by atoms with van der Waals surface area (Å²) in [7, 11) is 0. The molecule has 15 heavy (non-hydrogen) atoms. The molecule has 1 aromatic carbocycles. The molecule has 0 aliphatic heterocycles. The molecule has 1 unspecified atom stereocenters. The predicted octanol–water partition coefficient (Wildman–Crippen LogP) is 3.14. The summed E-state index contributed by atoms with van der Waals surface area (Å²) in [6.45, 7) is 3.05. The van der Waals surface area contributed by atoms with Crippen LogP contribution in [0.4, 0.5) is 0 Å². The molecule has 0 heterocycles. The van der Waals surface area contributed by atoms with E-state index >= 15 is 0 Å². The fourth-order valence-electron chi connectivity index (χ4n) is 1.53. The second-order valence-corrected chi connectivity index (χ2v) is 4.61. The molecule has 1 rings (SSSR count). The van der Waals surface area contributed by atoms with Crippen LogP contribution in [0.1, 0.15) is 24.9 Å². The van der Waals surface area contributed by atoms with Gasteiger partial charge < -0.3 is 10.4 Å². The first-order valence-corrected chi connectivity index (χ1v) is 6.15. The Labute approximate surface area is 104 Å². The smallest absolute Gasteiger partial charge is 0.0465 e. The van der Waals surface area contributed by atoms with Gasteiger partial charge in [0.05, 0.1) is 0 Å². The first-order chi connectivity index (χ1) is 7.19. The normalized spacial score (nSPS) is 12.8. The first kappa shape index (κ1) is 13.0. The van der Waals surface area contributed by atoms with E-state index in [1.807, 2.05) is 25.1 Å². The zero-order chi connectivity index (χ0) is 11.3. The third-order valence-electron chi connectivity index (χ3n) is 2.21. The van der Waals surface area contributed by atoms with Crippen molar-refractivity contribution < 1.29 is 5.11 Å². The lowest BCUT2D eigenvalue weighted by Gasteiger charge is -2.18. The summed E-state index contributed by atoms with van der Waals surface area (Å²) in [6, 6.07) is 5.94. The summed E-state index contributed by atoms with van der Waals surface area (Å²) in [5.74, 6) is 0. The van der Waals surface area contributed by atoms with Crippen molar-refractivity contribution in [2.75, 3.05) is 13.2 Å². The third kappa shape index (κ3) is 3.76. The van der Waals surface area contributed by atoms with Gasteiger partial charge >= 0.3 is 0 Å². The monoisotopic (exact) mass is 291 g/mol. The van der Waals surface area contributed by atoms with Gasteiger partial charge in [0.25, 0.3) is 0 Å². The molecule has 0 aliphatic rings. The molecule has 0 aromatic heterocycles. The molecule has 84 valence electrons. The lowest BCUT2D eigenvalue weighted by Crippen LogP contribution is -2.22. The second-order valence-electron chi connectivity index (χ2n) is 3.29. The summed E-state index contributed by atoms with van der Waals surface area (Å²) in [5.41, 5.74) is 1.04. The van der Waals surface area contributed by atoms with E-state index in [0.29, 0.717) is 6.42 Å². The minimum atomic E-state index is 0.126. The average molecular weight is 293 g/mol. The van der Waals surface area contributed by atoms with E-state index in [1.54, 1.807) is 0 Å². The molecule has 0 aliphatic carbocycles. The van der Waals surface area contributed by atoms with Gasteiger partial charge in [0.1, 0.15) is 0 Å². The number of hydrogen-bond donors (Lipinski definition) is 2. The van der Waals surface area contributed by atoms with E-state index in [4.69, 9.17) is 16.7 Å². The van der Waals surface area contributed by atoms with Crippen LogP contribution in [0.2, 0.25) is 5.02 Å². The van der Waals surface area contributed by atoms with Crippen LogP contribution in [-0.2, 0) is 0 Å². The summed E-state index contributed by atoms with van der Waals surface area (Å²) < 4.78 is 0.968. The van der Waals surface area contributed by atoms with E-state index in [-0.39, 0.29) is 12.6 Å². The Hall–Kier alpha value is -0.0900. The number of aliphatic hydroxyl groups is 1. The number of nitrogens with one attached hydrogen (secondary N) is 1. The van der Waals surface area contributed by atoms with Crippen LogP contribution in [0.15, 0.2) is 22.7 Å². The van der Waals surface area contributed by atoms with Crippen molar-refractivity contribution in [3.8, 4) is 0 Å². The van der Waals surface area contributed by atoms with Gasteiger partial charge in [-0.3, -0.25) is 0 Å². The molecule has 4 heteroatoms. The Morgan fingerprint density at radius 1 is 1.53 bits per heavy atom. The van der Waals surface area contributed by atoms with Crippen LogP contribution in [-0.4, -0.2) is 18.3 Å². The summed E-state index contributed by atoms with van der Waals surface area (Å²) in [6.07, 6.45) is 0.676. The molecule has 0 fully saturated rings. The van der Waals surface area contributed by atoms with Crippen LogP contribution in [0, 0.1) is 0 Å². The number of halogens is 2. The maximum atomic E-state index is 8.98. The van der Waals surface area contributed by atoms with E-state index in [1.165, 1.54) is 0 Å². The predicted molar refractivity (Wildman–Crippen MR) is 67.3 cm³/mol. The molecule has 1 aromatic rings. The average Bonchev–Trinajstić information content (AvgIpc) is 2.17. The highest BCUT2D eigenvalue weighted by molar-refractivity contribution is 9.10. The van der Waals surface area contributed by atoms with Gasteiger partial charge in [0.2, 0.25) is 0 Å². The zero-order valence-electron chi connectivity index (χ0n) is 8.63. The largest absolute Gasteiger partial charge is 0.396 e. The highest BCUT2D eigenvalue weighted by atomic mass is 79.9. The maximum Gasteiger partial charge on any atom is 0.0465 e. The fourth-order valence-corrected chi connectivity index (χ4v) is 2.33. The van der Waals surface area contributed by atoms with E-state index < -0.39 is 0 Å². The number of benzene rings is 1. The second kappa shape index (κ2) is 6.48. The lowest BCUT2D eigenvalue weighted by atomic mass is 10.0. The van der Waals surface area contributed by atoms with E-state index in [9.17, 15) is 0 Å². The molecule has 2 nitrogen and oxygen atoms in total. The van der Waals surface area contributed by atoms with E-state index in [2.05, 4.69) is 21.2 Å².